The van der Waals surface area contributed by atoms with Gasteiger partial charge in [0.25, 0.3) is 0 Å². The lowest BCUT2D eigenvalue weighted by atomic mass is 9.73. The predicted molar refractivity (Wildman–Crippen MR) is 146 cm³/mol. The van der Waals surface area contributed by atoms with Crippen molar-refractivity contribution < 1.29 is 4.74 Å². The van der Waals surface area contributed by atoms with E-state index in [2.05, 4.69) is 75.8 Å². The minimum Gasteiger partial charge on any atom is -0.369 e. The van der Waals surface area contributed by atoms with Crippen molar-refractivity contribution >= 4 is 0 Å². The van der Waals surface area contributed by atoms with Crippen LogP contribution in [0.1, 0.15) is 137 Å². The Bertz CT molecular complexity index is 865. The summed E-state index contributed by atoms with van der Waals surface area (Å²) >= 11 is 0. The predicted octanol–water partition coefficient (Wildman–Crippen LogP) is 8.82. The van der Waals surface area contributed by atoms with Crippen LogP contribution in [0, 0.1) is 27.7 Å². The maximum Gasteiger partial charge on any atom is 0.0695 e. The number of ether oxygens (including phenoxy) is 1. The van der Waals surface area contributed by atoms with E-state index in [4.69, 9.17) is 4.74 Å². The summed E-state index contributed by atoms with van der Waals surface area (Å²) in [6.07, 6.45) is 15.0. The lowest BCUT2D eigenvalue weighted by Crippen LogP contribution is -2.48. The zero-order valence-corrected chi connectivity index (χ0v) is 23.3. The van der Waals surface area contributed by atoms with Crippen LogP contribution in [0.2, 0.25) is 0 Å². The van der Waals surface area contributed by atoms with Gasteiger partial charge < -0.3 is 4.74 Å². The molecule has 0 amide bonds. The Balaban J connectivity index is 1.59. The number of nitrogens with zero attached hydrogens (tertiary/aromatic N) is 2. The number of aromatic nitrogens is 2. The first kappa shape index (κ1) is 26.3. The lowest BCUT2D eigenvalue weighted by molar-refractivity contribution is -0.194. The van der Waals surface area contributed by atoms with Gasteiger partial charge in [0, 0.05) is 22.8 Å². The first-order valence-corrected chi connectivity index (χ1v) is 14.3. The van der Waals surface area contributed by atoms with Crippen LogP contribution in [0.4, 0.5) is 0 Å². The smallest absolute Gasteiger partial charge is 0.0695 e. The van der Waals surface area contributed by atoms with E-state index in [1.54, 1.807) is 0 Å². The Morgan fingerprint density at radius 2 is 0.914 bits per heavy atom. The van der Waals surface area contributed by atoms with Crippen molar-refractivity contribution in [2.24, 2.45) is 0 Å². The van der Waals surface area contributed by atoms with Crippen LogP contribution in [0.3, 0.4) is 0 Å². The average molecular weight is 477 g/mol. The van der Waals surface area contributed by atoms with Crippen LogP contribution >= 0.6 is 0 Å². The molecule has 0 saturated heterocycles. The Hall–Kier alpha value is -1.74. The molecule has 2 aliphatic carbocycles. The van der Waals surface area contributed by atoms with Crippen LogP contribution in [-0.4, -0.2) is 21.2 Å². The van der Waals surface area contributed by atoms with Crippen molar-refractivity contribution in [3.05, 3.63) is 58.2 Å². The van der Waals surface area contributed by atoms with Gasteiger partial charge >= 0.3 is 0 Å². The van der Waals surface area contributed by atoms with E-state index in [0.29, 0.717) is 11.8 Å². The van der Waals surface area contributed by atoms with E-state index in [9.17, 15) is 0 Å². The summed E-state index contributed by atoms with van der Waals surface area (Å²) in [7, 11) is 0. The summed E-state index contributed by atoms with van der Waals surface area (Å²) in [5.74, 6) is 0.967. The summed E-state index contributed by atoms with van der Waals surface area (Å²) in [4.78, 5) is 9.25. The normalized spacial score (nSPS) is 21.4. The number of hydrogen-bond acceptors (Lipinski definition) is 3. The molecule has 35 heavy (non-hydrogen) atoms. The standard InChI is InChI=1S/C32H48N2O/c1-23(29-17-25(3)33-26(4)18-29)21-31(13-9-7-10-14-31)35-32(15-11-8-12-16-32)22-24(2)30-19-27(5)34-28(6)20-30/h17-20,23-24H,7-16,21-22H2,1-6H3. The van der Waals surface area contributed by atoms with Gasteiger partial charge in [0.15, 0.2) is 0 Å². The van der Waals surface area contributed by atoms with Gasteiger partial charge in [-0.05, 0) is 113 Å². The zero-order chi connectivity index (χ0) is 25.1. The number of pyridine rings is 2. The molecule has 2 atom stereocenters. The minimum absolute atomic E-state index is 0.00385. The van der Waals surface area contributed by atoms with Gasteiger partial charge in [-0.2, -0.15) is 0 Å². The highest BCUT2D eigenvalue weighted by atomic mass is 16.5. The molecule has 2 aromatic heterocycles. The van der Waals surface area contributed by atoms with E-state index in [1.165, 1.54) is 75.3 Å². The molecule has 2 aliphatic rings. The van der Waals surface area contributed by atoms with Crippen LogP contribution < -0.4 is 0 Å². The van der Waals surface area contributed by atoms with E-state index in [0.717, 1.165) is 35.6 Å². The Labute approximate surface area is 214 Å². The molecule has 2 heterocycles. The molecule has 2 saturated carbocycles. The van der Waals surface area contributed by atoms with Gasteiger partial charge in [-0.15, -0.1) is 0 Å². The number of aryl methyl sites for hydroxylation is 4. The molecule has 0 bridgehead atoms. The molecule has 0 N–H and O–H groups in total. The highest BCUT2D eigenvalue weighted by molar-refractivity contribution is 5.25. The van der Waals surface area contributed by atoms with Crippen LogP contribution in [0.25, 0.3) is 0 Å². The third kappa shape index (κ3) is 6.73. The molecule has 0 radical (unpaired) electrons. The summed E-state index contributed by atoms with van der Waals surface area (Å²) in [6, 6.07) is 9.17. The van der Waals surface area contributed by atoms with Crippen LogP contribution in [0.5, 0.6) is 0 Å². The largest absolute Gasteiger partial charge is 0.369 e. The highest BCUT2D eigenvalue weighted by Crippen LogP contribution is 2.48. The van der Waals surface area contributed by atoms with Crippen LogP contribution in [-0.2, 0) is 4.74 Å². The fourth-order valence-electron chi connectivity index (χ4n) is 7.20. The lowest BCUT2D eigenvalue weighted by Gasteiger charge is -2.49. The zero-order valence-electron chi connectivity index (χ0n) is 23.3. The fraction of sp³-hybridized carbons (Fsp3) is 0.688. The van der Waals surface area contributed by atoms with Gasteiger partial charge in [0.2, 0.25) is 0 Å². The summed E-state index contributed by atoms with van der Waals surface area (Å²) in [5.41, 5.74) is 7.39. The minimum atomic E-state index is 0.00385. The van der Waals surface area contributed by atoms with Crippen molar-refractivity contribution in [1.82, 2.24) is 9.97 Å². The molecular formula is C32H48N2O. The second-order valence-electron chi connectivity index (χ2n) is 12.2. The maximum absolute atomic E-state index is 7.58. The van der Waals surface area contributed by atoms with E-state index < -0.39 is 0 Å². The Morgan fingerprint density at radius 3 is 1.23 bits per heavy atom. The second-order valence-corrected chi connectivity index (χ2v) is 12.2. The SMILES string of the molecule is Cc1cc(C(C)CC2(OC3(CC(C)c4cc(C)nc(C)c4)CCCCC3)CCCCC2)cc(C)n1. The third-order valence-electron chi connectivity index (χ3n) is 8.66. The number of hydrogen-bond donors (Lipinski definition) is 0. The van der Waals surface area contributed by atoms with Gasteiger partial charge in [0.05, 0.1) is 11.2 Å². The van der Waals surface area contributed by atoms with Gasteiger partial charge in [-0.3, -0.25) is 9.97 Å². The molecule has 2 aromatic rings. The Morgan fingerprint density at radius 1 is 0.600 bits per heavy atom. The molecule has 3 heteroatoms. The average Bonchev–Trinajstić information content (AvgIpc) is 2.78. The molecule has 192 valence electrons. The van der Waals surface area contributed by atoms with E-state index in [-0.39, 0.29) is 11.2 Å². The second kappa shape index (κ2) is 11.1. The highest BCUT2D eigenvalue weighted by Gasteiger charge is 2.44. The quantitative estimate of drug-likeness (QED) is 0.382. The fourth-order valence-corrected chi connectivity index (χ4v) is 7.20. The van der Waals surface area contributed by atoms with Crippen molar-refractivity contribution in [3.8, 4) is 0 Å². The first-order chi connectivity index (χ1) is 16.7. The first-order valence-electron chi connectivity index (χ1n) is 14.3. The molecule has 4 rings (SSSR count). The molecule has 0 spiro atoms. The van der Waals surface area contributed by atoms with Crippen molar-refractivity contribution in [3.63, 3.8) is 0 Å². The van der Waals surface area contributed by atoms with Gasteiger partial charge in [-0.1, -0.05) is 52.4 Å². The van der Waals surface area contributed by atoms with E-state index >= 15 is 0 Å². The number of rotatable bonds is 8. The van der Waals surface area contributed by atoms with Crippen molar-refractivity contribution in [1.29, 1.82) is 0 Å². The topological polar surface area (TPSA) is 35.0 Å². The summed E-state index contributed by atoms with van der Waals surface area (Å²) < 4.78 is 7.58. The maximum atomic E-state index is 7.58. The molecule has 3 nitrogen and oxygen atoms in total. The van der Waals surface area contributed by atoms with Gasteiger partial charge in [-0.25, -0.2) is 0 Å². The molecule has 0 aromatic carbocycles. The molecule has 2 fully saturated rings. The monoisotopic (exact) mass is 476 g/mol. The molecule has 0 aliphatic heterocycles. The Kier molecular flexibility index (Phi) is 8.36. The van der Waals surface area contributed by atoms with Crippen LogP contribution in [0.15, 0.2) is 24.3 Å². The van der Waals surface area contributed by atoms with Gasteiger partial charge in [0.1, 0.15) is 0 Å². The molecule has 2 unspecified atom stereocenters. The summed E-state index contributed by atoms with van der Waals surface area (Å²) in [6.45, 7) is 13.3. The van der Waals surface area contributed by atoms with Crippen molar-refractivity contribution in [2.45, 2.75) is 142 Å². The van der Waals surface area contributed by atoms with Crippen molar-refractivity contribution in [2.75, 3.05) is 0 Å². The van der Waals surface area contributed by atoms with E-state index in [1.807, 2.05) is 0 Å². The summed E-state index contributed by atoms with van der Waals surface area (Å²) in [5, 5.41) is 0. The molecular weight excluding hydrogens is 428 g/mol. The third-order valence-corrected chi connectivity index (χ3v) is 8.66.